The first-order chi connectivity index (χ1) is 9.16. The maximum Gasteiger partial charge on any atom is 0.157 e. The van der Waals surface area contributed by atoms with Gasteiger partial charge in [-0.2, -0.15) is 0 Å². The normalized spacial score (nSPS) is 17.9. The number of benzene rings is 1. The van der Waals surface area contributed by atoms with E-state index in [1.807, 2.05) is 22.9 Å². The van der Waals surface area contributed by atoms with Gasteiger partial charge >= 0.3 is 0 Å². The molecule has 6 nitrogen and oxygen atoms in total. The molecule has 0 aliphatic carbocycles. The average Bonchev–Trinajstić information content (AvgIpc) is 2.78. The van der Waals surface area contributed by atoms with Crippen molar-refractivity contribution >= 4 is 16.7 Å². The molecule has 1 aromatic carbocycles. The van der Waals surface area contributed by atoms with E-state index in [1.54, 1.807) is 6.92 Å². The van der Waals surface area contributed by atoms with Gasteiger partial charge in [0.15, 0.2) is 5.82 Å². The Hall–Kier alpha value is -1.79. The molecular formula is C13H18N4O2. The third kappa shape index (κ3) is 2.13. The van der Waals surface area contributed by atoms with Crippen LogP contribution >= 0.6 is 0 Å². The number of aliphatic hydroxyl groups is 1. The molecule has 0 radical (unpaired) electrons. The number of fused-ring (bicyclic) bond motifs is 1. The molecule has 1 saturated heterocycles. The van der Waals surface area contributed by atoms with E-state index in [1.165, 1.54) is 0 Å². The Labute approximate surface area is 111 Å². The molecule has 6 heteroatoms. The zero-order chi connectivity index (χ0) is 13.4. The first kappa shape index (κ1) is 12.3. The molecule has 1 atom stereocenters. The van der Waals surface area contributed by atoms with E-state index in [-0.39, 0.29) is 0 Å². The van der Waals surface area contributed by atoms with Crippen LogP contribution in [0.2, 0.25) is 0 Å². The van der Waals surface area contributed by atoms with Crippen molar-refractivity contribution in [3.05, 3.63) is 24.0 Å². The molecule has 0 bridgehead atoms. The first-order valence-electron chi connectivity index (χ1n) is 6.46. The summed E-state index contributed by atoms with van der Waals surface area (Å²) in [6.07, 6.45) is -0.628. The number of ether oxygens (including phenoxy) is 1. The van der Waals surface area contributed by atoms with Crippen LogP contribution in [0.3, 0.4) is 0 Å². The molecular weight excluding hydrogens is 244 g/mol. The Balaban J connectivity index is 2.15. The van der Waals surface area contributed by atoms with Crippen LogP contribution in [-0.4, -0.2) is 41.1 Å². The molecule has 1 aliphatic rings. The van der Waals surface area contributed by atoms with Gasteiger partial charge in [-0.05, 0) is 25.1 Å². The van der Waals surface area contributed by atoms with Gasteiger partial charge in [0.1, 0.15) is 6.10 Å². The Bertz CT molecular complexity index is 588. The van der Waals surface area contributed by atoms with E-state index < -0.39 is 6.10 Å². The summed E-state index contributed by atoms with van der Waals surface area (Å²) in [6, 6.07) is 5.63. The highest BCUT2D eigenvalue weighted by atomic mass is 16.5. The molecule has 0 amide bonds. The molecule has 1 unspecified atom stereocenters. The molecule has 19 heavy (non-hydrogen) atoms. The summed E-state index contributed by atoms with van der Waals surface area (Å²) in [6.45, 7) is 4.68. The lowest BCUT2D eigenvalue weighted by molar-refractivity contribution is 0.108. The first-order valence-corrected chi connectivity index (χ1v) is 6.46. The highest BCUT2D eigenvalue weighted by Crippen LogP contribution is 2.23. The molecule has 0 saturated carbocycles. The summed E-state index contributed by atoms with van der Waals surface area (Å²) in [4.78, 5) is 4.50. The Morgan fingerprint density at radius 3 is 2.79 bits per heavy atom. The van der Waals surface area contributed by atoms with Gasteiger partial charge < -0.3 is 20.6 Å². The van der Waals surface area contributed by atoms with Crippen molar-refractivity contribution in [2.24, 2.45) is 0 Å². The van der Waals surface area contributed by atoms with Gasteiger partial charge in [0.25, 0.3) is 0 Å². The van der Waals surface area contributed by atoms with E-state index in [2.05, 4.69) is 9.99 Å². The fraction of sp³-hybridized carbons (Fsp3) is 0.462. The van der Waals surface area contributed by atoms with E-state index in [0.717, 1.165) is 24.1 Å². The van der Waals surface area contributed by atoms with Crippen LogP contribution in [-0.2, 0) is 4.74 Å². The largest absolute Gasteiger partial charge is 0.399 e. The van der Waals surface area contributed by atoms with E-state index in [4.69, 9.17) is 10.5 Å². The maximum atomic E-state index is 9.93. The number of hydrogen-bond donors (Lipinski definition) is 2. The van der Waals surface area contributed by atoms with E-state index >= 15 is 0 Å². The van der Waals surface area contributed by atoms with Crippen LogP contribution in [0.4, 0.5) is 5.69 Å². The Kier molecular flexibility index (Phi) is 3.04. The third-order valence-corrected chi connectivity index (χ3v) is 3.32. The minimum atomic E-state index is -0.628. The van der Waals surface area contributed by atoms with Gasteiger partial charge in [0.05, 0.1) is 37.3 Å². The number of aromatic nitrogens is 2. The van der Waals surface area contributed by atoms with Crippen molar-refractivity contribution < 1.29 is 9.84 Å². The summed E-state index contributed by atoms with van der Waals surface area (Å²) in [7, 11) is 0. The molecule has 3 rings (SSSR count). The maximum absolute atomic E-state index is 9.93. The standard InChI is InChI=1S/C13H18N4O2/c1-9(18)13-15-11-8-10(14)2-3-12(11)17(13)16-4-6-19-7-5-16/h2-3,8-9,18H,4-7,14H2,1H3. The van der Waals surface area contributed by atoms with Gasteiger partial charge in [0.2, 0.25) is 0 Å². The zero-order valence-corrected chi connectivity index (χ0v) is 10.9. The van der Waals surface area contributed by atoms with Crippen LogP contribution < -0.4 is 10.7 Å². The number of nitrogens with two attached hydrogens (primary N) is 1. The smallest absolute Gasteiger partial charge is 0.157 e. The molecule has 1 aliphatic heterocycles. The topological polar surface area (TPSA) is 76.5 Å². The summed E-state index contributed by atoms with van der Waals surface area (Å²) in [5.41, 5.74) is 8.24. The predicted octanol–water partition coefficient (Wildman–Crippen LogP) is 0.640. The van der Waals surface area contributed by atoms with Crippen molar-refractivity contribution in [1.82, 2.24) is 9.66 Å². The second-order valence-corrected chi connectivity index (χ2v) is 4.77. The highest BCUT2D eigenvalue weighted by molar-refractivity contribution is 5.80. The summed E-state index contributed by atoms with van der Waals surface area (Å²) >= 11 is 0. The molecule has 2 aromatic rings. The van der Waals surface area contributed by atoms with Crippen molar-refractivity contribution in [3.8, 4) is 0 Å². The second-order valence-electron chi connectivity index (χ2n) is 4.77. The van der Waals surface area contributed by atoms with Crippen molar-refractivity contribution in [2.75, 3.05) is 37.0 Å². The number of hydrogen-bond acceptors (Lipinski definition) is 5. The van der Waals surface area contributed by atoms with E-state index in [9.17, 15) is 5.11 Å². The minimum absolute atomic E-state index is 0.628. The minimum Gasteiger partial charge on any atom is -0.399 e. The van der Waals surface area contributed by atoms with Crippen molar-refractivity contribution in [3.63, 3.8) is 0 Å². The SMILES string of the molecule is CC(O)c1nc2cc(N)ccc2n1N1CCOCC1. The fourth-order valence-electron chi connectivity index (χ4n) is 2.42. The third-order valence-electron chi connectivity index (χ3n) is 3.32. The van der Waals surface area contributed by atoms with Crippen LogP contribution in [0, 0.1) is 0 Å². The number of nitrogens with zero attached hydrogens (tertiary/aromatic N) is 3. The number of imidazole rings is 1. The van der Waals surface area contributed by atoms with Crippen LogP contribution in [0.5, 0.6) is 0 Å². The van der Waals surface area contributed by atoms with Crippen LogP contribution in [0.25, 0.3) is 11.0 Å². The molecule has 1 fully saturated rings. The predicted molar refractivity (Wildman–Crippen MR) is 73.5 cm³/mol. The van der Waals surface area contributed by atoms with Gasteiger partial charge in [0, 0.05) is 5.69 Å². The number of anilines is 1. The fourth-order valence-corrected chi connectivity index (χ4v) is 2.42. The average molecular weight is 262 g/mol. The second kappa shape index (κ2) is 4.71. The Morgan fingerprint density at radius 1 is 1.37 bits per heavy atom. The zero-order valence-electron chi connectivity index (χ0n) is 10.9. The van der Waals surface area contributed by atoms with Crippen LogP contribution in [0.15, 0.2) is 18.2 Å². The van der Waals surface area contributed by atoms with Crippen molar-refractivity contribution in [2.45, 2.75) is 13.0 Å². The quantitative estimate of drug-likeness (QED) is 0.777. The number of morpholine rings is 1. The molecule has 2 heterocycles. The highest BCUT2D eigenvalue weighted by Gasteiger charge is 2.21. The lowest BCUT2D eigenvalue weighted by Gasteiger charge is -2.31. The molecule has 102 valence electrons. The van der Waals surface area contributed by atoms with Gasteiger partial charge in [-0.15, -0.1) is 0 Å². The molecule has 3 N–H and O–H groups in total. The van der Waals surface area contributed by atoms with Gasteiger partial charge in [-0.1, -0.05) is 0 Å². The van der Waals surface area contributed by atoms with Crippen molar-refractivity contribution in [1.29, 1.82) is 0 Å². The summed E-state index contributed by atoms with van der Waals surface area (Å²) in [5, 5.41) is 12.1. The number of rotatable bonds is 2. The van der Waals surface area contributed by atoms with Crippen LogP contribution in [0.1, 0.15) is 18.9 Å². The van der Waals surface area contributed by atoms with Gasteiger partial charge in [-0.25, -0.2) is 9.66 Å². The molecule has 0 spiro atoms. The van der Waals surface area contributed by atoms with E-state index in [0.29, 0.717) is 24.7 Å². The summed E-state index contributed by atoms with van der Waals surface area (Å²) in [5.74, 6) is 0.641. The number of nitrogen functional groups attached to an aromatic ring is 1. The lowest BCUT2D eigenvalue weighted by atomic mass is 10.3. The Morgan fingerprint density at radius 2 is 2.11 bits per heavy atom. The van der Waals surface area contributed by atoms with Gasteiger partial charge in [-0.3, -0.25) is 0 Å². The monoisotopic (exact) mass is 262 g/mol. The molecule has 1 aromatic heterocycles. The number of aliphatic hydroxyl groups excluding tert-OH is 1. The summed E-state index contributed by atoms with van der Waals surface area (Å²) < 4.78 is 7.36. The lowest BCUT2D eigenvalue weighted by Crippen LogP contribution is -2.44.